The zero-order valence-electron chi connectivity index (χ0n) is 11.2. The number of nitrogens with zero attached hydrogens (tertiary/aromatic N) is 1. The van der Waals surface area contributed by atoms with Gasteiger partial charge < -0.3 is 5.32 Å². The molecule has 0 aliphatic heterocycles. The number of carbonyl (C=O) groups is 1. The minimum absolute atomic E-state index is 0.110. The number of fused-ring (bicyclic) bond motifs is 2. The van der Waals surface area contributed by atoms with E-state index in [2.05, 4.69) is 10.3 Å². The van der Waals surface area contributed by atoms with Gasteiger partial charge in [0.25, 0.3) is 0 Å². The summed E-state index contributed by atoms with van der Waals surface area (Å²) in [4.78, 5) is 16.8. The van der Waals surface area contributed by atoms with Crippen molar-refractivity contribution in [1.82, 2.24) is 4.98 Å². The molecule has 0 unspecified atom stereocenters. The van der Waals surface area contributed by atoms with Gasteiger partial charge in [-0.2, -0.15) is 0 Å². The van der Waals surface area contributed by atoms with Gasteiger partial charge in [-0.25, -0.2) is 4.98 Å². The van der Waals surface area contributed by atoms with E-state index in [9.17, 15) is 4.79 Å². The third-order valence-corrected chi connectivity index (χ3v) is 4.57. The van der Waals surface area contributed by atoms with Crippen molar-refractivity contribution in [2.24, 2.45) is 0 Å². The van der Waals surface area contributed by atoms with Crippen molar-refractivity contribution in [2.75, 3.05) is 5.32 Å². The van der Waals surface area contributed by atoms with E-state index >= 15 is 0 Å². The minimum atomic E-state index is 0.110. The predicted octanol–water partition coefficient (Wildman–Crippen LogP) is 4.03. The molecule has 4 heteroatoms. The van der Waals surface area contributed by atoms with Crippen molar-refractivity contribution in [2.45, 2.75) is 6.42 Å². The first-order valence-corrected chi connectivity index (χ1v) is 7.57. The van der Waals surface area contributed by atoms with Gasteiger partial charge in [0, 0.05) is 23.8 Å². The number of benzene rings is 2. The molecular weight excluding hydrogens is 280 g/mol. The van der Waals surface area contributed by atoms with Crippen LogP contribution in [0, 0.1) is 0 Å². The normalized spacial score (nSPS) is 15.6. The van der Waals surface area contributed by atoms with E-state index in [0.29, 0.717) is 6.42 Å². The molecule has 0 atom stereocenters. The van der Waals surface area contributed by atoms with E-state index in [1.165, 1.54) is 0 Å². The number of allylic oxidation sites excluding steroid dienone is 1. The van der Waals surface area contributed by atoms with Gasteiger partial charge in [0.2, 0.25) is 0 Å². The Morgan fingerprint density at radius 3 is 2.76 bits per heavy atom. The smallest absolute Gasteiger partial charge is 0.191 e. The lowest BCUT2D eigenvalue weighted by Gasteiger charge is -1.96. The summed E-state index contributed by atoms with van der Waals surface area (Å²) >= 11 is 1.59. The number of hydrogen-bond acceptors (Lipinski definition) is 4. The molecule has 3 nitrogen and oxygen atoms in total. The maximum atomic E-state index is 12.3. The molecule has 0 saturated carbocycles. The van der Waals surface area contributed by atoms with Crippen LogP contribution >= 0.6 is 11.3 Å². The Bertz CT molecular complexity index is 846. The Hall–Kier alpha value is -2.46. The summed E-state index contributed by atoms with van der Waals surface area (Å²) in [5.74, 6) is 0.110. The van der Waals surface area contributed by atoms with Crippen LogP contribution in [-0.2, 0) is 6.42 Å². The van der Waals surface area contributed by atoms with Gasteiger partial charge in [-0.05, 0) is 17.7 Å². The molecule has 1 N–H and O–H groups in total. The Labute approximate surface area is 126 Å². The largest absolute Gasteiger partial charge is 0.338 e. The summed E-state index contributed by atoms with van der Waals surface area (Å²) in [7, 11) is 0. The number of para-hydroxylation sites is 1. The fourth-order valence-electron chi connectivity index (χ4n) is 2.55. The molecule has 1 aliphatic rings. The number of thiazole rings is 1. The van der Waals surface area contributed by atoms with Crippen LogP contribution in [-0.4, -0.2) is 10.8 Å². The van der Waals surface area contributed by atoms with Crippen LogP contribution in [0.5, 0.6) is 0 Å². The van der Waals surface area contributed by atoms with E-state index in [0.717, 1.165) is 32.0 Å². The van der Waals surface area contributed by atoms with Crippen LogP contribution in [0.15, 0.2) is 60.3 Å². The topological polar surface area (TPSA) is 42.0 Å². The molecular formula is C17H12N2OS. The molecule has 0 radical (unpaired) electrons. The molecule has 1 aromatic heterocycles. The Morgan fingerprint density at radius 1 is 1.10 bits per heavy atom. The molecule has 0 bridgehead atoms. The van der Waals surface area contributed by atoms with E-state index in [1.54, 1.807) is 17.5 Å². The summed E-state index contributed by atoms with van der Waals surface area (Å²) in [6.45, 7) is 0. The first-order valence-electron chi connectivity index (χ1n) is 6.75. The molecule has 1 aliphatic carbocycles. The van der Waals surface area contributed by atoms with Crippen molar-refractivity contribution < 1.29 is 4.79 Å². The highest BCUT2D eigenvalue weighted by molar-refractivity contribution is 7.22. The molecule has 2 aromatic carbocycles. The summed E-state index contributed by atoms with van der Waals surface area (Å²) in [5, 5.41) is 3.98. The van der Waals surface area contributed by atoms with Gasteiger partial charge in [-0.15, -0.1) is 0 Å². The van der Waals surface area contributed by atoms with Gasteiger partial charge in [0.1, 0.15) is 0 Å². The second-order valence-corrected chi connectivity index (χ2v) is 5.99. The lowest BCUT2D eigenvalue weighted by molar-refractivity contribution is 0.103. The van der Waals surface area contributed by atoms with Crippen LogP contribution in [0.4, 0.5) is 5.13 Å². The van der Waals surface area contributed by atoms with E-state index in [4.69, 9.17) is 0 Å². The monoisotopic (exact) mass is 292 g/mol. The highest BCUT2D eigenvalue weighted by Gasteiger charge is 2.23. The van der Waals surface area contributed by atoms with Crippen molar-refractivity contribution in [3.63, 3.8) is 0 Å². The third kappa shape index (κ3) is 2.14. The number of rotatable bonds is 2. The van der Waals surface area contributed by atoms with Crippen molar-refractivity contribution in [1.29, 1.82) is 0 Å². The second kappa shape index (κ2) is 4.82. The van der Waals surface area contributed by atoms with Gasteiger partial charge in [0.15, 0.2) is 10.9 Å². The van der Waals surface area contributed by atoms with Crippen LogP contribution in [0.2, 0.25) is 0 Å². The maximum Gasteiger partial charge on any atom is 0.191 e. The molecule has 21 heavy (non-hydrogen) atoms. The molecule has 0 saturated heterocycles. The lowest BCUT2D eigenvalue weighted by Crippen LogP contribution is -1.98. The number of nitrogens with one attached hydrogen (secondary N) is 1. The fraction of sp³-hybridized carbons (Fsp3) is 0.0588. The number of ketones is 1. The zero-order valence-corrected chi connectivity index (χ0v) is 12.0. The lowest BCUT2D eigenvalue weighted by atomic mass is 10.1. The Balaban J connectivity index is 1.61. The van der Waals surface area contributed by atoms with Crippen LogP contribution in [0.25, 0.3) is 10.2 Å². The number of aromatic nitrogens is 1. The Morgan fingerprint density at radius 2 is 1.90 bits per heavy atom. The molecule has 4 rings (SSSR count). The van der Waals surface area contributed by atoms with E-state index in [1.807, 2.05) is 48.5 Å². The fourth-order valence-corrected chi connectivity index (χ4v) is 3.39. The van der Waals surface area contributed by atoms with E-state index < -0.39 is 0 Å². The summed E-state index contributed by atoms with van der Waals surface area (Å²) < 4.78 is 1.14. The summed E-state index contributed by atoms with van der Waals surface area (Å²) in [6, 6.07) is 15.8. The third-order valence-electron chi connectivity index (χ3n) is 3.60. The highest BCUT2D eigenvalue weighted by Crippen LogP contribution is 2.28. The van der Waals surface area contributed by atoms with E-state index in [-0.39, 0.29) is 5.78 Å². The molecule has 0 amide bonds. The first kappa shape index (κ1) is 12.3. The zero-order chi connectivity index (χ0) is 14.2. The molecule has 3 aromatic rings. The van der Waals surface area contributed by atoms with Crippen molar-refractivity contribution in [3.05, 3.63) is 71.4 Å². The van der Waals surface area contributed by atoms with Gasteiger partial charge in [-0.1, -0.05) is 47.7 Å². The molecule has 1 heterocycles. The van der Waals surface area contributed by atoms with Crippen molar-refractivity contribution in [3.8, 4) is 0 Å². The number of Topliss-reactive ketones (excluding diaryl/α,β-unsaturated/α-hetero) is 1. The highest BCUT2D eigenvalue weighted by atomic mass is 32.1. The summed E-state index contributed by atoms with van der Waals surface area (Å²) in [6.07, 6.45) is 2.48. The quantitative estimate of drug-likeness (QED) is 0.725. The minimum Gasteiger partial charge on any atom is -0.338 e. The van der Waals surface area contributed by atoms with Crippen LogP contribution in [0.1, 0.15) is 15.9 Å². The average Bonchev–Trinajstić information content (AvgIpc) is 3.07. The second-order valence-electron chi connectivity index (χ2n) is 4.96. The number of anilines is 1. The van der Waals surface area contributed by atoms with Gasteiger partial charge in [-0.3, -0.25) is 4.79 Å². The van der Waals surface area contributed by atoms with Crippen molar-refractivity contribution >= 4 is 32.5 Å². The SMILES string of the molecule is O=C1/C(=C/Nc2nc3ccccc3s2)Cc2ccccc21. The van der Waals surface area contributed by atoms with Crippen LogP contribution < -0.4 is 5.32 Å². The first-order chi connectivity index (χ1) is 10.3. The van der Waals surface area contributed by atoms with Gasteiger partial charge >= 0.3 is 0 Å². The predicted molar refractivity (Wildman–Crippen MR) is 85.8 cm³/mol. The average molecular weight is 292 g/mol. The van der Waals surface area contributed by atoms with Gasteiger partial charge in [0.05, 0.1) is 10.2 Å². The standard InChI is InChI=1S/C17H12N2OS/c20-16-12(9-11-5-1-2-6-13(11)16)10-18-17-19-14-7-3-4-8-15(14)21-17/h1-8,10H,9H2,(H,18,19)/b12-10+. The molecule has 0 spiro atoms. The summed E-state index contributed by atoms with van der Waals surface area (Å²) in [5.41, 5.74) is 3.68. The maximum absolute atomic E-state index is 12.3. The van der Waals surface area contributed by atoms with Crippen LogP contribution in [0.3, 0.4) is 0 Å². The number of hydrogen-bond donors (Lipinski definition) is 1. The molecule has 0 fully saturated rings. The number of carbonyl (C=O) groups excluding carboxylic acids is 1. The Kier molecular flexibility index (Phi) is 2.82. The molecule has 102 valence electrons.